The fourth-order valence-electron chi connectivity index (χ4n) is 2.88. The maximum atomic E-state index is 6.10. The molecule has 0 spiro atoms. The quantitative estimate of drug-likeness (QED) is 0.781. The minimum Gasteiger partial charge on any atom is -0.306 e. The number of alkyl halides is 1. The average Bonchev–Trinajstić information content (AvgIpc) is 2.87. The Hall–Kier alpha value is -1.03. The van der Waals surface area contributed by atoms with Gasteiger partial charge < -0.3 is 4.57 Å². The summed E-state index contributed by atoms with van der Waals surface area (Å²) in [6, 6.07) is 0. The van der Waals surface area contributed by atoms with Crippen LogP contribution >= 0.6 is 11.6 Å². The summed E-state index contributed by atoms with van der Waals surface area (Å²) >= 11 is 6.10. The van der Waals surface area contributed by atoms with Crippen LogP contribution in [0.2, 0.25) is 0 Å². The number of hydrogen-bond donors (Lipinski definition) is 0. The second-order valence-electron chi connectivity index (χ2n) is 5.63. The Morgan fingerprint density at radius 1 is 1.26 bits per heavy atom. The van der Waals surface area contributed by atoms with Crippen LogP contribution in [0, 0.1) is 6.92 Å². The van der Waals surface area contributed by atoms with Gasteiger partial charge in [0.15, 0.2) is 5.65 Å². The molecule has 0 aliphatic heterocycles. The molecule has 2 heterocycles. The Labute approximate surface area is 119 Å². The number of hydrogen-bond acceptors (Lipinski definition) is 2. The SMILES string of the molecule is CCCC(C)(C)n1c(CCl)nc2c(C)nn(CC)c21. The van der Waals surface area contributed by atoms with Crippen molar-refractivity contribution in [2.24, 2.45) is 0 Å². The van der Waals surface area contributed by atoms with Gasteiger partial charge in [-0.25, -0.2) is 9.67 Å². The lowest BCUT2D eigenvalue weighted by Gasteiger charge is -2.28. The number of aromatic nitrogens is 4. The van der Waals surface area contributed by atoms with Gasteiger partial charge in [-0.15, -0.1) is 11.6 Å². The van der Waals surface area contributed by atoms with Crippen molar-refractivity contribution in [3.63, 3.8) is 0 Å². The number of nitrogens with zero attached hydrogens (tertiary/aromatic N) is 4. The molecular formula is C14H23ClN4. The van der Waals surface area contributed by atoms with Crippen molar-refractivity contribution in [3.05, 3.63) is 11.5 Å². The molecule has 0 bridgehead atoms. The molecule has 4 nitrogen and oxygen atoms in total. The molecule has 0 aliphatic carbocycles. The number of aryl methyl sites for hydroxylation is 2. The minimum atomic E-state index is 0.00706. The Balaban J connectivity index is 2.75. The van der Waals surface area contributed by atoms with Gasteiger partial charge in [0.2, 0.25) is 0 Å². The van der Waals surface area contributed by atoms with Crippen LogP contribution in [0.3, 0.4) is 0 Å². The lowest BCUT2D eigenvalue weighted by molar-refractivity contribution is 0.321. The van der Waals surface area contributed by atoms with Crippen LogP contribution in [0.5, 0.6) is 0 Å². The summed E-state index contributed by atoms with van der Waals surface area (Å²) in [7, 11) is 0. The third kappa shape index (κ3) is 2.27. The van der Waals surface area contributed by atoms with E-state index in [4.69, 9.17) is 16.6 Å². The molecular weight excluding hydrogens is 260 g/mol. The molecule has 2 aromatic rings. The molecule has 0 aliphatic rings. The van der Waals surface area contributed by atoms with Gasteiger partial charge in [0.1, 0.15) is 11.3 Å². The molecule has 0 saturated carbocycles. The highest BCUT2D eigenvalue weighted by atomic mass is 35.5. The fourth-order valence-corrected chi connectivity index (χ4v) is 3.06. The predicted molar refractivity (Wildman–Crippen MR) is 79.7 cm³/mol. The summed E-state index contributed by atoms with van der Waals surface area (Å²) < 4.78 is 4.31. The van der Waals surface area contributed by atoms with Gasteiger partial charge in [0, 0.05) is 12.1 Å². The molecule has 5 heteroatoms. The molecule has 0 saturated heterocycles. The van der Waals surface area contributed by atoms with E-state index in [2.05, 4.69) is 37.4 Å². The molecule has 0 radical (unpaired) electrons. The second kappa shape index (κ2) is 5.16. The third-order valence-electron chi connectivity index (χ3n) is 3.67. The zero-order chi connectivity index (χ0) is 14.2. The molecule has 0 aromatic carbocycles. The van der Waals surface area contributed by atoms with Gasteiger partial charge in [-0.2, -0.15) is 5.10 Å². The van der Waals surface area contributed by atoms with E-state index in [-0.39, 0.29) is 5.54 Å². The molecule has 106 valence electrons. The van der Waals surface area contributed by atoms with Gasteiger partial charge in [-0.3, -0.25) is 0 Å². The van der Waals surface area contributed by atoms with Crippen molar-refractivity contribution in [3.8, 4) is 0 Å². The number of imidazole rings is 1. The zero-order valence-corrected chi connectivity index (χ0v) is 13.3. The average molecular weight is 283 g/mol. The molecule has 2 rings (SSSR count). The van der Waals surface area contributed by atoms with E-state index in [0.717, 1.165) is 42.1 Å². The Morgan fingerprint density at radius 2 is 1.95 bits per heavy atom. The van der Waals surface area contributed by atoms with Crippen LogP contribution in [0.15, 0.2) is 0 Å². The fraction of sp³-hybridized carbons (Fsp3) is 0.714. The van der Waals surface area contributed by atoms with E-state index in [1.807, 2.05) is 11.6 Å². The van der Waals surface area contributed by atoms with Crippen molar-refractivity contribution in [2.45, 2.75) is 65.4 Å². The minimum absolute atomic E-state index is 0.00706. The van der Waals surface area contributed by atoms with Crippen LogP contribution in [0.25, 0.3) is 11.2 Å². The summed E-state index contributed by atoms with van der Waals surface area (Å²) in [5.74, 6) is 1.38. The second-order valence-corrected chi connectivity index (χ2v) is 5.90. The van der Waals surface area contributed by atoms with Gasteiger partial charge in [-0.05, 0) is 34.1 Å². The topological polar surface area (TPSA) is 35.6 Å². The van der Waals surface area contributed by atoms with Crippen molar-refractivity contribution in [2.75, 3.05) is 0 Å². The summed E-state index contributed by atoms with van der Waals surface area (Å²) in [4.78, 5) is 4.70. The summed E-state index contributed by atoms with van der Waals surface area (Å²) in [5.41, 5.74) is 3.08. The predicted octanol–water partition coefficient (Wildman–Crippen LogP) is 3.84. The van der Waals surface area contributed by atoms with Crippen LogP contribution in [-0.2, 0) is 18.0 Å². The maximum absolute atomic E-state index is 6.10. The lowest BCUT2D eigenvalue weighted by atomic mass is 9.98. The van der Waals surface area contributed by atoms with E-state index in [9.17, 15) is 0 Å². The highest BCUT2D eigenvalue weighted by Gasteiger charge is 2.28. The molecule has 19 heavy (non-hydrogen) atoms. The number of halogens is 1. The number of rotatable bonds is 5. The van der Waals surface area contributed by atoms with Crippen LogP contribution in [-0.4, -0.2) is 19.3 Å². The first kappa shape index (κ1) is 14.4. The summed E-state index contributed by atoms with van der Waals surface area (Å²) in [6.07, 6.45) is 2.23. The van der Waals surface area contributed by atoms with E-state index < -0.39 is 0 Å². The van der Waals surface area contributed by atoms with E-state index in [1.54, 1.807) is 0 Å². The Morgan fingerprint density at radius 3 is 2.47 bits per heavy atom. The molecule has 0 atom stereocenters. The molecule has 2 aromatic heterocycles. The highest BCUT2D eigenvalue weighted by molar-refractivity contribution is 6.16. The van der Waals surface area contributed by atoms with E-state index in [0.29, 0.717) is 5.88 Å². The van der Waals surface area contributed by atoms with Crippen LogP contribution < -0.4 is 0 Å². The normalized spacial score (nSPS) is 12.5. The number of fused-ring (bicyclic) bond motifs is 1. The summed E-state index contributed by atoms with van der Waals surface area (Å²) in [6.45, 7) is 11.7. The Bertz CT molecular complexity index is 580. The van der Waals surface area contributed by atoms with Crippen molar-refractivity contribution < 1.29 is 0 Å². The van der Waals surface area contributed by atoms with Gasteiger partial charge >= 0.3 is 0 Å². The van der Waals surface area contributed by atoms with Crippen molar-refractivity contribution in [1.29, 1.82) is 0 Å². The largest absolute Gasteiger partial charge is 0.306 e. The first-order valence-electron chi connectivity index (χ1n) is 6.97. The van der Waals surface area contributed by atoms with Gasteiger partial charge in [0.25, 0.3) is 0 Å². The lowest BCUT2D eigenvalue weighted by Crippen LogP contribution is -2.28. The first-order chi connectivity index (χ1) is 8.96. The summed E-state index contributed by atoms with van der Waals surface area (Å²) in [5, 5.41) is 4.57. The highest BCUT2D eigenvalue weighted by Crippen LogP contribution is 2.31. The first-order valence-corrected chi connectivity index (χ1v) is 7.50. The molecule has 0 fully saturated rings. The van der Waals surface area contributed by atoms with Crippen LogP contribution in [0.1, 0.15) is 52.1 Å². The Kier molecular flexibility index (Phi) is 3.90. The molecule has 0 unspecified atom stereocenters. The van der Waals surface area contributed by atoms with Gasteiger partial charge in [-0.1, -0.05) is 13.3 Å². The van der Waals surface area contributed by atoms with Crippen molar-refractivity contribution in [1.82, 2.24) is 19.3 Å². The van der Waals surface area contributed by atoms with Gasteiger partial charge in [0.05, 0.1) is 11.6 Å². The standard InChI is InChI=1S/C14H23ClN4/c1-6-8-14(4,5)19-11(9-15)16-12-10(3)17-18(7-2)13(12)19/h6-9H2,1-5H3. The maximum Gasteiger partial charge on any atom is 0.159 e. The monoisotopic (exact) mass is 282 g/mol. The third-order valence-corrected chi connectivity index (χ3v) is 3.91. The van der Waals surface area contributed by atoms with Crippen LogP contribution in [0.4, 0.5) is 0 Å². The molecule has 0 amide bonds. The van der Waals surface area contributed by atoms with E-state index in [1.165, 1.54) is 0 Å². The molecule has 0 N–H and O–H groups in total. The zero-order valence-electron chi connectivity index (χ0n) is 12.5. The van der Waals surface area contributed by atoms with E-state index >= 15 is 0 Å². The smallest absolute Gasteiger partial charge is 0.159 e. The van der Waals surface area contributed by atoms with Crippen molar-refractivity contribution >= 4 is 22.8 Å².